The van der Waals surface area contributed by atoms with Crippen molar-refractivity contribution in [3.05, 3.63) is 70.7 Å². The lowest BCUT2D eigenvalue weighted by Crippen LogP contribution is -2.26. The van der Waals surface area contributed by atoms with Crippen molar-refractivity contribution in [3.63, 3.8) is 0 Å². The zero-order valence-electron chi connectivity index (χ0n) is 15.9. The largest absolute Gasteiger partial charge is 0.496 e. The third kappa shape index (κ3) is 5.98. The van der Waals surface area contributed by atoms with Crippen LogP contribution in [0.25, 0.3) is 10.8 Å². The SMILES string of the molecule is COc1ccc2ccccc2c1CNC(=O)CSCC(=O)Nc1cccc(Br)c1. The third-order valence-electron chi connectivity index (χ3n) is 4.25. The van der Waals surface area contributed by atoms with Crippen molar-refractivity contribution in [2.75, 3.05) is 23.9 Å². The highest BCUT2D eigenvalue weighted by Gasteiger charge is 2.11. The molecule has 3 rings (SSSR count). The van der Waals surface area contributed by atoms with Gasteiger partial charge in [-0.05, 0) is 35.0 Å². The number of nitrogens with one attached hydrogen (secondary N) is 2. The van der Waals surface area contributed by atoms with Gasteiger partial charge in [0.15, 0.2) is 0 Å². The lowest BCUT2D eigenvalue weighted by atomic mass is 10.0. The van der Waals surface area contributed by atoms with Crippen LogP contribution in [0.5, 0.6) is 5.75 Å². The first kappa shape index (κ1) is 21.2. The van der Waals surface area contributed by atoms with Crippen LogP contribution in [0.4, 0.5) is 5.69 Å². The number of ether oxygens (including phenoxy) is 1. The number of rotatable bonds is 8. The van der Waals surface area contributed by atoms with Gasteiger partial charge in [-0.25, -0.2) is 0 Å². The fourth-order valence-corrected chi connectivity index (χ4v) is 3.97. The van der Waals surface area contributed by atoms with Gasteiger partial charge >= 0.3 is 0 Å². The smallest absolute Gasteiger partial charge is 0.234 e. The number of hydrogen-bond donors (Lipinski definition) is 2. The molecule has 0 saturated heterocycles. The van der Waals surface area contributed by atoms with Gasteiger partial charge in [-0.15, -0.1) is 11.8 Å². The van der Waals surface area contributed by atoms with Crippen LogP contribution in [0.2, 0.25) is 0 Å². The van der Waals surface area contributed by atoms with E-state index in [1.54, 1.807) is 7.11 Å². The number of hydrogen-bond acceptors (Lipinski definition) is 4. The van der Waals surface area contributed by atoms with Crippen LogP contribution in [0.15, 0.2) is 65.1 Å². The van der Waals surface area contributed by atoms with Gasteiger partial charge in [0, 0.05) is 22.3 Å². The molecule has 3 aromatic rings. The number of carbonyl (C=O) groups is 2. The molecule has 0 aliphatic heterocycles. The van der Waals surface area contributed by atoms with E-state index in [2.05, 4.69) is 26.6 Å². The molecule has 150 valence electrons. The van der Waals surface area contributed by atoms with Crippen LogP contribution in [-0.4, -0.2) is 30.4 Å². The Balaban J connectivity index is 1.49. The highest BCUT2D eigenvalue weighted by molar-refractivity contribution is 9.10. The van der Waals surface area contributed by atoms with E-state index in [1.165, 1.54) is 11.8 Å². The molecule has 5 nitrogen and oxygen atoms in total. The number of anilines is 1. The van der Waals surface area contributed by atoms with Crippen molar-refractivity contribution in [3.8, 4) is 5.75 Å². The number of fused-ring (bicyclic) bond motifs is 1. The molecule has 0 spiro atoms. The molecule has 2 N–H and O–H groups in total. The second-order valence-electron chi connectivity index (χ2n) is 6.30. The van der Waals surface area contributed by atoms with Crippen molar-refractivity contribution in [2.45, 2.75) is 6.54 Å². The van der Waals surface area contributed by atoms with Crippen molar-refractivity contribution in [2.24, 2.45) is 0 Å². The molecule has 2 amide bonds. The second kappa shape index (κ2) is 10.3. The molecule has 0 atom stereocenters. The highest BCUT2D eigenvalue weighted by atomic mass is 79.9. The molecular weight excluding hydrogens is 452 g/mol. The van der Waals surface area contributed by atoms with Gasteiger partial charge in [0.25, 0.3) is 0 Å². The van der Waals surface area contributed by atoms with Crippen LogP contribution >= 0.6 is 27.7 Å². The maximum absolute atomic E-state index is 12.2. The van der Waals surface area contributed by atoms with Crippen molar-refractivity contribution < 1.29 is 14.3 Å². The molecule has 0 bridgehead atoms. The van der Waals surface area contributed by atoms with Crippen LogP contribution in [0.1, 0.15) is 5.56 Å². The topological polar surface area (TPSA) is 67.4 Å². The summed E-state index contributed by atoms with van der Waals surface area (Å²) in [6, 6.07) is 19.3. The van der Waals surface area contributed by atoms with E-state index in [4.69, 9.17) is 4.74 Å². The maximum Gasteiger partial charge on any atom is 0.234 e. The van der Waals surface area contributed by atoms with Crippen LogP contribution in [0, 0.1) is 0 Å². The van der Waals surface area contributed by atoms with Gasteiger partial charge in [-0.1, -0.05) is 52.3 Å². The third-order valence-corrected chi connectivity index (χ3v) is 5.68. The minimum atomic E-state index is -0.142. The summed E-state index contributed by atoms with van der Waals surface area (Å²) < 4.78 is 6.35. The summed E-state index contributed by atoms with van der Waals surface area (Å²) in [7, 11) is 1.62. The molecule has 0 heterocycles. The Bertz CT molecular complexity index is 1030. The summed E-state index contributed by atoms with van der Waals surface area (Å²) in [5.74, 6) is 0.887. The first-order valence-electron chi connectivity index (χ1n) is 9.01. The average Bonchev–Trinajstić information content (AvgIpc) is 2.71. The molecule has 29 heavy (non-hydrogen) atoms. The fourth-order valence-electron chi connectivity index (χ4n) is 2.93. The second-order valence-corrected chi connectivity index (χ2v) is 8.20. The monoisotopic (exact) mass is 472 g/mol. The summed E-state index contributed by atoms with van der Waals surface area (Å²) in [4.78, 5) is 24.2. The summed E-state index contributed by atoms with van der Waals surface area (Å²) in [6.45, 7) is 0.369. The van der Waals surface area contributed by atoms with E-state index >= 15 is 0 Å². The summed E-state index contributed by atoms with van der Waals surface area (Å²) in [6.07, 6.45) is 0. The van der Waals surface area contributed by atoms with Gasteiger partial charge in [0.2, 0.25) is 11.8 Å². The Labute approximate surface area is 182 Å². The predicted molar refractivity (Wildman–Crippen MR) is 122 cm³/mol. The van der Waals surface area contributed by atoms with E-state index in [0.717, 1.165) is 32.2 Å². The Hall–Kier alpha value is -2.51. The average molecular weight is 473 g/mol. The van der Waals surface area contributed by atoms with Gasteiger partial charge in [-0.3, -0.25) is 9.59 Å². The van der Waals surface area contributed by atoms with Gasteiger partial charge in [0.05, 0.1) is 18.6 Å². The van der Waals surface area contributed by atoms with E-state index in [9.17, 15) is 9.59 Å². The van der Waals surface area contributed by atoms with Crippen molar-refractivity contribution in [1.82, 2.24) is 5.32 Å². The zero-order chi connectivity index (χ0) is 20.6. The number of carbonyl (C=O) groups excluding carboxylic acids is 2. The molecule has 3 aromatic carbocycles. The molecular formula is C22H21BrN2O3S. The van der Waals surface area contributed by atoms with E-state index < -0.39 is 0 Å². The van der Waals surface area contributed by atoms with Crippen molar-refractivity contribution in [1.29, 1.82) is 0 Å². The Morgan fingerprint density at radius 1 is 1.00 bits per heavy atom. The lowest BCUT2D eigenvalue weighted by molar-refractivity contribution is -0.118. The number of methoxy groups -OCH3 is 1. The summed E-state index contributed by atoms with van der Waals surface area (Å²) in [5.41, 5.74) is 1.66. The maximum atomic E-state index is 12.2. The van der Waals surface area contributed by atoms with Gasteiger partial charge in [-0.2, -0.15) is 0 Å². The van der Waals surface area contributed by atoms with Crippen LogP contribution in [-0.2, 0) is 16.1 Å². The molecule has 0 unspecified atom stereocenters. The van der Waals surface area contributed by atoms with E-state index in [0.29, 0.717) is 6.54 Å². The predicted octanol–water partition coefficient (Wildman–Crippen LogP) is 4.60. The minimum Gasteiger partial charge on any atom is -0.496 e. The normalized spacial score (nSPS) is 10.6. The molecule has 0 saturated carbocycles. The van der Waals surface area contributed by atoms with Crippen molar-refractivity contribution >= 4 is 56.0 Å². The lowest BCUT2D eigenvalue weighted by Gasteiger charge is -2.13. The molecule has 0 aliphatic rings. The van der Waals surface area contributed by atoms with E-state index in [-0.39, 0.29) is 23.3 Å². The Morgan fingerprint density at radius 3 is 2.59 bits per heavy atom. The Morgan fingerprint density at radius 2 is 1.79 bits per heavy atom. The highest BCUT2D eigenvalue weighted by Crippen LogP contribution is 2.27. The molecule has 0 radical (unpaired) electrons. The quantitative estimate of drug-likeness (QED) is 0.502. The standard InChI is InChI=1S/C22H21BrN2O3S/c1-28-20-10-9-15-5-2-3-8-18(15)19(20)12-24-21(26)13-29-14-22(27)25-17-7-4-6-16(23)11-17/h2-11H,12-14H2,1H3,(H,24,26)(H,25,27). The van der Waals surface area contributed by atoms with Crippen LogP contribution in [0.3, 0.4) is 0 Å². The number of amides is 2. The Kier molecular flexibility index (Phi) is 7.55. The fraction of sp³-hybridized carbons (Fsp3) is 0.182. The van der Waals surface area contributed by atoms with Crippen LogP contribution < -0.4 is 15.4 Å². The first-order valence-corrected chi connectivity index (χ1v) is 11.0. The molecule has 7 heteroatoms. The van der Waals surface area contributed by atoms with Gasteiger partial charge in [0.1, 0.15) is 5.75 Å². The number of thioether (sulfide) groups is 1. The first-order chi connectivity index (χ1) is 14.1. The zero-order valence-corrected chi connectivity index (χ0v) is 18.3. The number of halogens is 1. The number of benzene rings is 3. The molecule has 0 aromatic heterocycles. The summed E-state index contributed by atoms with van der Waals surface area (Å²) >= 11 is 4.64. The molecule has 0 aliphatic carbocycles. The summed E-state index contributed by atoms with van der Waals surface area (Å²) in [5, 5.41) is 7.87. The van der Waals surface area contributed by atoms with E-state index in [1.807, 2.05) is 60.7 Å². The van der Waals surface area contributed by atoms with Gasteiger partial charge < -0.3 is 15.4 Å². The molecule has 0 fully saturated rings. The minimum absolute atomic E-state index is 0.125.